The Labute approximate surface area is 208 Å². The Hall–Kier alpha value is -1.77. The van der Waals surface area contributed by atoms with E-state index in [-0.39, 0.29) is 19.1 Å². The van der Waals surface area contributed by atoms with Gasteiger partial charge in [0.1, 0.15) is 6.61 Å². The number of phosphoric ester groups is 1. The Bertz CT molecular complexity index is 741. The molecule has 3 atom stereocenters. The molecule has 0 radical (unpaired) electrons. The number of phosphoric acid groups is 1. The summed E-state index contributed by atoms with van der Waals surface area (Å²) in [5, 5.41) is 0. The molecule has 1 aliphatic rings. The van der Waals surface area contributed by atoms with E-state index in [1.54, 1.807) is 0 Å². The van der Waals surface area contributed by atoms with Gasteiger partial charge in [0.25, 0.3) is 0 Å². The largest absolute Gasteiger partial charge is 0.469 e. The van der Waals surface area contributed by atoms with Gasteiger partial charge in [0.2, 0.25) is 0 Å². The van der Waals surface area contributed by atoms with Crippen LogP contribution in [0.2, 0.25) is 0 Å². The van der Waals surface area contributed by atoms with Crippen LogP contribution in [0, 0.1) is 0 Å². The first-order chi connectivity index (χ1) is 16.7. The summed E-state index contributed by atoms with van der Waals surface area (Å²) in [6.45, 7) is 2.44. The molecule has 0 amide bonds. The number of carbonyl (C=O) groups excluding carboxylic acids is 2. The Balaban J connectivity index is 2.07. The summed E-state index contributed by atoms with van der Waals surface area (Å²) in [7, 11) is -4.71. The molecule has 1 fully saturated rings. The minimum atomic E-state index is -4.71. The summed E-state index contributed by atoms with van der Waals surface area (Å²) in [6, 6.07) is 0. The van der Waals surface area contributed by atoms with Crippen molar-refractivity contribution in [1.29, 1.82) is 0 Å². The van der Waals surface area contributed by atoms with E-state index in [0.29, 0.717) is 18.9 Å². The summed E-state index contributed by atoms with van der Waals surface area (Å²) >= 11 is 0. The van der Waals surface area contributed by atoms with Gasteiger partial charge in [-0.3, -0.25) is 14.1 Å². The molecule has 10 heteroatoms. The summed E-state index contributed by atoms with van der Waals surface area (Å²) < 4.78 is 30.6. The van der Waals surface area contributed by atoms with Crippen molar-refractivity contribution >= 4 is 19.8 Å². The highest BCUT2D eigenvalue weighted by atomic mass is 31.2. The van der Waals surface area contributed by atoms with Crippen LogP contribution in [0.1, 0.15) is 78.1 Å². The maximum absolute atomic E-state index is 11.8. The number of hydrogen-bond acceptors (Lipinski definition) is 7. The molecule has 0 aliphatic carbocycles. The number of hydrogen-bond donors (Lipinski definition) is 2. The average Bonchev–Trinajstić information content (AvgIpc) is 3.54. The maximum atomic E-state index is 11.8. The standard InChI is InChI=1S/C25H41O9P/c1-3-4-5-6-7-8-9-10-13-16-23-24(34-23)17-14-11-12-15-18-25(27)31-19-22(33-21(2)26)20-32-35(28,29)30/h7-8,10-11,13-14,22-24H,3-6,9,12,15-20H2,1-2H3,(H2,28,29,30)/b8-7-,13-10-,14-11-/t22-,23?,24?/m1/s1. The minimum absolute atomic E-state index is 0.177. The lowest BCUT2D eigenvalue weighted by molar-refractivity contribution is -0.159. The number of carbonyl (C=O) groups is 2. The van der Waals surface area contributed by atoms with Crippen molar-refractivity contribution in [2.45, 2.75) is 96.4 Å². The quantitative estimate of drug-likeness (QED) is 0.0760. The molecule has 0 aromatic rings. The summed E-state index contributed by atoms with van der Waals surface area (Å²) in [5.41, 5.74) is 0. The van der Waals surface area contributed by atoms with E-state index in [1.807, 2.05) is 6.08 Å². The lowest BCUT2D eigenvalue weighted by atomic mass is 10.1. The molecule has 0 spiro atoms. The van der Waals surface area contributed by atoms with Gasteiger partial charge >= 0.3 is 19.8 Å². The van der Waals surface area contributed by atoms with Crippen molar-refractivity contribution in [2.24, 2.45) is 0 Å². The SMILES string of the molecule is CCCCC/C=C\C/C=C\CC1OC1C/C=C\CCCC(=O)OC[C@H](COP(=O)(O)O)OC(C)=O. The molecule has 1 aliphatic heterocycles. The highest BCUT2D eigenvalue weighted by Gasteiger charge is 2.35. The van der Waals surface area contributed by atoms with Crippen LogP contribution >= 0.6 is 7.82 Å². The number of esters is 2. The first-order valence-electron chi connectivity index (χ1n) is 12.3. The molecule has 200 valence electrons. The summed E-state index contributed by atoms with van der Waals surface area (Å²) in [4.78, 5) is 40.4. The molecule has 9 nitrogen and oxygen atoms in total. The fourth-order valence-electron chi connectivity index (χ4n) is 3.23. The topological polar surface area (TPSA) is 132 Å². The third-order valence-electron chi connectivity index (χ3n) is 5.11. The van der Waals surface area contributed by atoms with Gasteiger partial charge in [0.15, 0.2) is 6.10 Å². The summed E-state index contributed by atoms with van der Waals surface area (Å²) in [6.07, 6.45) is 21.6. The minimum Gasteiger partial charge on any atom is -0.462 e. The Kier molecular flexibility index (Phi) is 16.5. The third kappa shape index (κ3) is 19.1. The van der Waals surface area contributed by atoms with Crippen molar-refractivity contribution in [2.75, 3.05) is 13.2 Å². The second-order valence-electron chi connectivity index (χ2n) is 8.42. The fourth-order valence-corrected chi connectivity index (χ4v) is 3.59. The zero-order valence-corrected chi connectivity index (χ0v) is 21.8. The van der Waals surface area contributed by atoms with E-state index < -0.39 is 32.5 Å². The van der Waals surface area contributed by atoms with E-state index in [0.717, 1.165) is 32.6 Å². The van der Waals surface area contributed by atoms with Crippen LogP contribution in [-0.2, 0) is 32.9 Å². The highest BCUT2D eigenvalue weighted by molar-refractivity contribution is 7.46. The molecule has 0 bridgehead atoms. The molecular weight excluding hydrogens is 475 g/mol. The van der Waals surface area contributed by atoms with Gasteiger partial charge in [-0.25, -0.2) is 4.57 Å². The zero-order chi connectivity index (χ0) is 25.9. The van der Waals surface area contributed by atoms with Crippen molar-refractivity contribution < 1.29 is 42.7 Å². The van der Waals surface area contributed by atoms with Crippen molar-refractivity contribution in [3.8, 4) is 0 Å². The van der Waals surface area contributed by atoms with Crippen molar-refractivity contribution in [3.63, 3.8) is 0 Å². The average molecular weight is 517 g/mol. The maximum Gasteiger partial charge on any atom is 0.469 e. The Morgan fingerprint density at radius 3 is 2.23 bits per heavy atom. The molecular formula is C25H41O9P. The molecule has 2 unspecified atom stereocenters. The fraction of sp³-hybridized carbons (Fsp3) is 0.680. The molecule has 1 saturated heterocycles. The molecule has 0 aromatic heterocycles. The molecule has 2 N–H and O–H groups in total. The van der Waals surface area contributed by atoms with Crippen LogP contribution in [0.4, 0.5) is 0 Å². The zero-order valence-electron chi connectivity index (χ0n) is 20.9. The molecule has 0 saturated carbocycles. The van der Waals surface area contributed by atoms with E-state index in [9.17, 15) is 14.2 Å². The van der Waals surface area contributed by atoms with E-state index in [1.165, 1.54) is 19.3 Å². The van der Waals surface area contributed by atoms with E-state index in [2.05, 4.69) is 41.8 Å². The van der Waals surface area contributed by atoms with Gasteiger partial charge in [-0.2, -0.15) is 0 Å². The lowest BCUT2D eigenvalue weighted by Crippen LogP contribution is -2.28. The number of rotatable bonds is 20. The summed E-state index contributed by atoms with van der Waals surface area (Å²) in [5.74, 6) is -1.16. The smallest absolute Gasteiger partial charge is 0.462 e. The van der Waals surface area contributed by atoms with Crippen molar-refractivity contribution in [1.82, 2.24) is 0 Å². The van der Waals surface area contributed by atoms with Crippen LogP contribution in [0.15, 0.2) is 36.5 Å². The third-order valence-corrected chi connectivity index (χ3v) is 5.60. The normalized spacial score (nSPS) is 19.0. The van der Waals surface area contributed by atoms with Gasteiger partial charge in [0.05, 0.1) is 18.8 Å². The predicted octanol–water partition coefficient (Wildman–Crippen LogP) is 4.93. The van der Waals surface area contributed by atoms with Crippen LogP contribution in [-0.4, -0.2) is 53.3 Å². The number of unbranched alkanes of at least 4 members (excludes halogenated alkanes) is 4. The number of epoxide rings is 1. The number of allylic oxidation sites excluding steroid dienone is 4. The predicted molar refractivity (Wildman–Crippen MR) is 132 cm³/mol. The molecule has 0 aromatic carbocycles. The van der Waals surface area contributed by atoms with E-state index in [4.69, 9.17) is 24.0 Å². The van der Waals surface area contributed by atoms with Crippen LogP contribution in [0.3, 0.4) is 0 Å². The highest BCUT2D eigenvalue weighted by Crippen LogP contribution is 2.35. The van der Waals surface area contributed by atoms with Crippen LogP contribution in [0.5, 0.6) is 0 Å². The molecule has 35 heavy (non-hydrogen) atoms. The Morgan fingerprint density at radius 2 is 1.57 bits per heavy atom. The molecule has 1 rings (SSSR count). The molecule has 1 heterocycles. The monoisotopic (exact) mass is 516 g/mol. The van der Waals surface area contributed by atoms with Crippen LogP contribution in [0.25, 0.3) is 0 Å². The van der Waals surface area contributed by atoms with Gasteiger partial charge in [-0.05, 0) is 44.9 Å². The first kappa shape index (κ1) is 31.3. The second kappa shape index (κ2) is 18.5. The second-order valence-corrected chi connectivity index (χ2v) is 9.66. The van der Waals surface area contributed by atoms with Crippen molar-refractivity contribution in [3.05, 3.63) is 36.5 Å². The van der Waals surface area contributed by atoms with E-state index >= 15 is 0 Å². The Morgan fingerprint density at radius 1 is 0.943 bits per heavy atom. The van der Waals surface area contributed by atoms with Gasteiger partial charge in [-0.15, -0.1) is 0 Å². The first-order valence-corrected chi connectivity index (χ1v) is 13.9. The van der Waals surface area contributed by atoms with Gasteiger partial charge in [0, 0.05) is 13.3 Å². The van der Waals surface area contributed by atoms with Crippen LogP contribution < -0.4 is 0 Å². The van der Waals surface area contributed by atoms with Gasteiger partial charge < -0.3 is 24.0 Å². The lowest BCUT2D eigenvalue weighted by Gasteiger charge is -2.17. The number of ether oxygens (including phenoxy) is 3. The van der Waals surface area contributed by atoms with Gasteiger partial charge in [-0.1, -0.05) is 56.2 Å².